The molecule has 0 radical (unpaired) electrons. The molecule has 3 heteroatoms. The molecule has 2 rings (SSSR count). The second-order valence-corrected chi connectivity index (χ2v) is 13.4. The summed E-state index contributed by atoms with van der Waals surface area (Å²) in [5.41, 5.74) is 0. The number of carbonyl (C=O) groups is 1. The highest BCUT2D eigenvalue weighted by Gasteiger charge is 2.50. The predicted octanol–water partition coefficient (Wildman–Crippen LogP) is 5.20. The molecule has 0 unspecified atom stereocenters. The van der Waals surface area contributed by atoms with E-state index in [4.69, 9.17) is 4.43 Å². The third-order valence-electron chi connectivity index (χ3n) is 5.59. The van der Waals surface area contributed by atoms with Crippen molar-refractivity contribution in [3.05, 3.63) is 60.7 Å². The smallest absolute Gasteiger partial charge is 0.261 e. The summed E-state index contributed by atoms with van der Waals surface area (Å²) in [5, 5.41) is 2.67. The van der Waals surface area contributed by atoms with Crippen molar-refractivity contribution in [2.75, 3.05) is 6.61 Å². The summed E-state index contributed by atoms with van der Waals surface area (Å²) in [7, 11) is -2.44. The van der Waals surface area contributed by atoms with Crippen molar-refractivity contribution in [1.29, 1.82) is 0 Å². The standard InChI is InChI=1S/C25H36O2Si/c1-21(19-26)13-12-14-22(2)20-27-28(25(3,4)5,23-15-8-6-9-16-23)24-17-10-7-11-18-24/h6-11,15-19,21-22H,12-14,20H2,1-5H3/t21-,22+/m0/s1. The molecule has 0 aromatic heterocycles. The summed E-state index contributed by atoms with van der Waals surface area (Å²) in [4.78, 5) is 10.8. The molecule has 0 aliphatic rings. The van der Waals surface area contributed by atoms with E-state index in [-0.39, 0.29) is 11.0 Å². The molecule has 2 aromatic carbocycles. The van der Waals surface area contributed by atoms with Gasteiger partial charge in [-0.15, -0.1) is 0 Å². The molecule has 0 spiro atoms. The Labute approximate surface area is 172 Å². The van der Waals surface area contributed by atoms with Crippen LogP contribution in [0.1, 0.15) is 53.9 Å². The minimum absolute atomic E-state index is 0.0153. The topological polar surface area (TPSA) is 26.3 Å². The van der Waals surface area contributed by atoms with Crippen molar-refractivity contribution in [2.45, 2.75) is 58.9 Å². The number of benzene rings is 2. The highest BCUT2D eigenvalue weighted by molar-refractivity contribution is 6.99. The van der Waals surface area contributed by atoms with Crippen LogP contribution >= 0.6 is 0 Å². The first-order chi connectivity index (χ1) is 13.3. The van der Waals surface area contributed by atoms with Crippen LogP contribution in [-0.2, 0) is 9.22 Å². The number of hydrogen-bond acceptors (Lipinski definition) is 2. The Bertz CT molecular complexity index is 667. The van der Waals surface area contributed by atoms with E-state index in [1.165, 1.54) is 10.4 Å². The third-order valence-corrected chi connectivity index (χ3v) is 10.6. The first-order valence-electron chi connectivity index (χ1n) is 10.5. The average molecular weight is 397 g/mol. The predicted molar refractivity (Wildman–Crippen MR) is 122 cm³/mol. The number of rotatable bonds is 10. The van der Waals surface area contributed by atoms with Gasteiger partial charge in [0.1, 0.15) is 6.29 Å². The number of hydrogen-bond donors (Lipinski definition) is 0. The van der Waals surface area contributed by atoms with Crippen molar-refractivity contribution in [1.82, 2.24) is 0 Å². The van der Waals surface area contributed by atoms with Crippen LogP contribution in [-0.4, -0.2) is 21.2 Å². The Hall–Kier alpha value is -1.71. The van der Waals surface area contributed by atoms with Crippen LogP contribution in [0.25, 0.3) is 0 Å². The summed E-state index contributed by atoms with van der Waals surface area (Å²) in [6, 6.07) is 21.6. The van der Waals surface area contributed by atoms with Gasteiger partial charge < -0.3 is 9.22 Å². The van der Waals surface area contributed by atoms with Gasteiger partial charge in [-0.05, 0) is 34.2 Å². The second kappa shape index (κ2) is 10.2. The van der Waals surface area contributed by atoms with Gasteiger partial charge in [-0.3, -0.25) is 0 Å². The molecule has 0 saturated carbocycles. The van der Waals surface area contributed by atoms with E-state index in [1.807, 2.05) is 6.92 Å². The normalized spacial score (nSPS) is 14.5. The number of carbonyl (C=O) groups excluding carboxylic acids is 1. The first kappa shape index (κ1) is 22.6. The zero-order chi connectivity index (χ0) is 20.6. The van der Waals surface area contributed by atoms with E-state index < -0.39 is 8.32 Å². The van der Waals surface area contributed by atoms with E-state index in [1.54, 1.807) is 0 Å². The lowest BCUT2D eigenvalue weighted by molar-refractivity contribution is -0.110. The van der Waals surface area contributed by atoms with Crippen molar-refractivity contribution in [3.8, 4) is 0 Å². The molecule has 0 heterocycles. The van der Waals surface area contributed by atoms with Crippen molar-refractivity contribution < 1.29 is 9.22 Å². The zero-order valence-corrected chi connectivity index (χ0v) is 19.2. The van der Waals surface area contributed by atoms with Crippen LogP contribution < -0.4 is 10.4 Å². The van der Waals surface area contributed by atoms with Crippen LogP contribution in [0, 0.1) is 11.8 Å². The Balaban J connectivity index is 2.28. The summed E-state index contributed by atoms with van der Waals surface area (Å²) in [6.45, 7) is 12.0. The maximum Gasteiger partial charge on any atom is 0.261 e. The van der Waals surface area contributed by atoms with Gasteiger partial charge in [0, 0.05) is 12.5 Å². The second-order valence-electron chi connectivity index (χ2n) is 9.12. The highest BCUT2D eigenvalue weighted by Crippen LogP contribution is 2.37. The van der Waals surface area contributed by atoms with E-state index in [9.17, 15) is 4.79 Å². The summed E-state index contributed by atoms with van der Waals surface area (Å²) in [6.07, 6.45) is 4.19. The summed E-state index contributed by atoms with van der Waals surface area (Å²) >= 11 is 0. The van der Waals surface area contributed by atoms with Gasteiger partial charge in [0.15, 0.2) is 0 Å². The van der Waals surface area contributed by atoms with Gasteiger partial charge in [-0.2, -0.15) is 0 Å². The van der Waals surface area contributed by atoms with Crippen molar-refractivity contribution in [3.63, 3.8) is 0 Å². The monoisotopic (exact) mass is 396 g/mol. The fraction of sp³-hybridized carbons (Fsp3) is 0.480. The summed E-state index contributed by atoms with van der Waals surface area (Å²) in [5.74, 6) is 0.630. The van der Waals surface area contributed by atoms with Crippen LogP contribution in [0.2, 0.25) is 5.04 Å². The molecule has 28 heavy (non-hydrogen) atoms. The van der Waals surface area contributed by atoms with Crippen LogP contribution in [0.5, 0.6) is 0 Å². The van der Waals surface area contributed by atoms with Crippen LogP contribution in [0.4, 0.5) is 0 Å². The molecule has 0 bridgehead atoms. The molecule has 0 saturated heterocycles. The largest absolute Gasteiger partial charge is 0.407 e. The zero-order valence-electron chi connectivity index (χ0n) is 18.2. The molecule has 0 N–H and O–H groups in total. The lowest BCUT2D eigenvalue weighted by atomic mass is 10.0. The van der Waals surface area contributed by atoms with Gasteiger partial charge in [0.2, 0.25) is 0 Å². The Kier molecular flexibility index (Phi) is 8.20. The van der Waals surface area contributed by atoms with E-state index in [2.05, 4.69) is 88.4 Å². The minimum Gasteiger partial charge on any atom is -0.407 e. The Morgan fingerprint density at radius 3 is 1.82 bits per heavy atom. The van der Waals surface area contributed by atoms with Gasteiger partial charge >= 0.3 is 0 Å². The molecular formula is C25H36O2Si. The van der Waals surface area contributed by atoms with Gasteiger partial charge in [0.25, 0.3) is 8.32 Å². The molecule has 0 aliphatic heterocycles. The Morgan fingerprint density at radius 2 is 1.39 bits per heavy atom. The quantitative estimate of drug-likeness (QED) is 0.407. The molecule has 2 atom stereocenters. The molecular weight excluding hydrogens is 360 g/mol. The summed E-state index contributed by atoms with van der Waals surface area (Å²) < 4.78 is 6.98. The van der Waals surface area contributed by atoms with Gasteiger partial charge in [-0.25, -0.2) is 0 Å². The van der Waals surface area contributed by atoms with E-state index in [0.29, 0.717) is 5.92 Å². The van der Waals surface area contributed by atoms with Crippen molar-refractivity contribution in [2.24, 2.45) is 11.8 Å². The van der Waals surface area contributed by atoms with Crippen LogP contribution in [0.3, 0.4) is 0 Å². The highest BCUT2D eigenvalue weighted by atomic mass is 28.4. The third kappa shape index (κ3) is 5.42. The van der Waals surface area contributed by atoms with Gasteiger partial charge in [-0.1, -0.05) is 102 Å². The van der Waals surface area contributed by atoms with E-state index >= 15 is 0 Å². The van der Waals surface area contributed by atoms with E-state index in [0.717, 1.165) is 32.2 Å². The maximum atomic E-state index is 10.8. The molecule has 2 aromatic rings. The molecule has 0 aliphatic carbocycles. The van der Waals surface area contributed by atoms with Crippen molar-refractivity contribution >= 4 is 25.0 Å². The minimum atomic E-state index is -2.44. The lowest BCUT2D eigenvalue weighted by Crippen LogP contribution is -2.66. The lowest BCUT2D eigenvalue weighted by Gasteiger charge is -2.43. The first-order valence-corrected chi connectivity index (χ1v) is 12.4. The fourth-order valence-corrected chi connectivity index (χ4v) is 8.66. The Morgan fingerprint density at radius 1 is 0.893 bits per heavy atom. The molecule has 0 amide bonds. The van der Waals surface area contributed by atoms with Gasteiger partial charge in [0.05, 0.1) is 0 Å². The molecule has 2 nitrogen and oxygen atoms in total. The molecule has 0 fully saturated rings. The van der Waals surface area contributed by atoms with Crippen LogP contribution in [0.15, 0.2) is 60.7 Å². The average Bonchev–Trinajstić information content (AvgIpc) is 2.69. The number of aldehydes is 1. The SMILES string of the molecule is C[C@H](CCC[C@H](C)C=O)CO[Si](c1ccccc1)(c1ccccc1)C(C)(C)C. The fourth-order valence-electron chi connectivity index (χ4n) is 3.97. The maximum absolute atomic E-state index is 10.8. The molecule has 152 valence electrons.